The molecule has 0 aliphatic heterocycles. The zero-order valence-electron chi connectivity index (χ0n) is 11.5. The maximum atomic E-state index is 11.8. The number of nitrogens with one attached hydrogen (secondary N) is 1. The van der Waals surface area contributed by atoms with E-state index in [4.69, 9.17) is 9.47 Å². The molecule has 5 nitrogen and oxygen atoms in total. The summed E-state index contributed by atoms with van der Waals surface area (Å²) in [7, 11) is 1.58. The highest BCUT2D eigenvalue weighted by molar-refractivity contribution is 7.16. The summed E-state index contributed by atoms with van der Waals surface area (Å²) in [6.07, 6.45) is 4.22. The lowest BCUT2D eigenvalue weighted by molar-refractivity contribution is -0.121. The van der Waals surface area contributed by atoms with Crippen molar-refractivity contribution in [1.82, 2.24) is 0 Å². The molecule has 1 aliphatic rings. The van der Waals surface area contributed by atoms with Crippen LogP contribution in [-0.4, -0.2) is 32.8 Å². The molecule has 0 fully saturated rings. The van der Waals surface area contributed by atoms with Gasteiger partial charge >= 0.3 is 0 Å². The zero-order chi connectivity index (χ0) is 14.4. The van der Waals surface area contributed by atoms with E-state index >= 15 is 0 Å². The number of nitriles is 1. The molecule has 0 aromatic carbocycles. The number of hydrogen-bond donors (Lipinski definition) is 1. The van der Waals surface area contributed by atoms with Crippen molar-refractivity contribution in [3.63, 3.8) is 0 Å². The topological polar surface area (TPSA) is 71.3 Å². The van der Waals surface area contributed by atoms with Crippen LogP contribution >= 0.6 is 11.3 Å². The van der Waals surface area contributed by atoms with Crippen LogP contribution in [0.4, 0.5) is 5.00 Å². The summed E-state index contributed by atoms with van der Waals surface area (Å²) in [5.41, 5.74) is 1.76. The van der Waals surface area contributed by atoms with Crippen molar-refractivity contribution in [2.24, 2.45) is 0 Å². The maximum Gasteiger partial charge on any atom is 0.251 e. The van der Waals surface area contributed by atoms with E-state index < -0.39 is 0 Å². The van der Waals surface area contributed by atoms with E-state index in [0.717, 1.165) is 31.2 Å². The van der Waals surface area contributed by atoms with Gasteiger partial charge in [0.2, 0.25) is 0 Å². The average molecular weight is 294 g/mol. The van der Waals surface area contributed by atoms with Gasteiger partial charge in [-0.15, -0.1) is 11.3 Å². The van der Waals surface area contributed by atoms with Crippen molar-refractivity contribution < 1.29 is 14.3 Å². The average Bonchev–Trinajstić information content (AvgIpc) is 2.80. The second-order valence-corrected chi connectivity index (χ2v) is 5.73. The molecule has 0 saturated heterocycles. The van der Waals surface area contributed by atoms with Gasteiger partial charge in [-0.2, -0.15) is 5.26 Å². The first-order valence-electron chi connectivity index (χ1n) is 6.67. The summed E-state index contributed by atoms with van der Waals surface area (Å²) in [6.45, 7) is 0.830. The predicted molar refractivity (Wildman–Crippen MR) is 77.0 cm³/mol. The van der Waals surface area contributed by atoms with E-state index in [1.807, 2.05) is 0 Å². The minimum absolute atomic E-state index is 0.0171. The van der Waals surface area contributed by atoms with Crippen LogP contribution in [-0.2, 0) is 27.1 Å². The Morgan fingerprint density at radius 3 is 2.95 bits per heavy atom. The molecule has 1 aromatic rings. The third-order valence-corrected chi connectivity index (χ3v) is 4.41. The van der Waals surface area contributed by atoms with Crippen molar-refractivity contribution in [3.05, 3.63) is 16.0 Å². The molecule has 0 saturated carbocycles. The minimum atomic E-state index is -0.226. The largest absolute Gasteiger partial charge is 0.382 e. The molecular formula is C14H18N2O3S. The monoisotopic (exact) mass is 294 g/mol. The standard InChI is InChI=1S/C14H18N2O3S/c1-18-6-7-19-9-13(17)16-14-11(8-15)10-4-2-3-5-12(10)20-14/h2-7,9H2,1H3,(H,16,17). The Morgan fingerprint density at radius 2 is 2.20 bits per heavy atom. The van der Waals surface area contributed by atoms with Gasteiger partial charge in [0.05, 0.1) is 18.8 Å². The molecule has 1 heterocycles. The van der Waals surface area contributed by atoms with Crippen LogP contribution in [0, 0.1) is 11.3 Å². The lowest BCUT2D eigenvalue weighted by Gasteiger charge is -2.09. The first-order chi connectivity index (χ1) is 9.76. The number of fused-ring (bicyclic) bond motifs is 1. The summed E-state index contributed by atoms with van der Waals surface area (Å²) in [4.78, 5) is 13.0. The second kappa shape index (κ2) is 7.39. The Kier molecular flexibility index (Phi) is 5.53. The molecule has 6 heteroatoms. The number of ether oxygens (including phenoxy) is 2. The third-order valence-electron chi connectivity index (χ3n) is 3.20. The number of thiophene rings is 1. The number of amides is 1. The molecule has 1 aliphatic carbocycles. The fourth-order valence-electron chi connectivity index (χ4n) is 2.24. The van der Waals surface area contributed by atoms with Crippen LogP contribution < -0.4 is 5.32 Å². The van der Waals surface area contributed by atoms with Crippen molar-refractivity contribution in [2.45, 2.75) is 25.7 Å². The summed E-state index contributed by atoms with van der Waals surface area (Å²) in [5, 5.41) is 12.7. The van der Waals surface area contributed by atoms with Crippen molar-refractivity contribution >= 4 is 22.2 Å². The zero-order valence-corrected chi connectivity index (χ0v) is 12.3. The number of carbonyl (C=O) groups is 1. The third kappa shape index (κ3) is 3.57. The van der Waals surface area contributed by atoms with Crippen molar-refractivity contribution in [2.75, 3.05) is 32.2 Å². The molecule has 1 aromatic heterocycles. The SMILES string of the molecule is COCCOCC(=O)Nc1sc2c(c1C#N)CCCC2. The predicted octanol–water partition coefficient (Wildman–Crippen LogP) is 2.10. The Hall–Kier alpha value is -1.42. The van der Waals surface area contributed by atoms with E-state index in [1.165, 1.54) is 16.2 Å². The Labute approximate surface area is 122 Å². The van der Waals surface area contributed by atoms with Gasteiger partial charge in [0.15, 0.2) is 0 Å². The Morgan fingerprint density at radius 1 is 1.40 bits per heavy atom. The number of anilines is 1. The highest BCUT2D eigenvalue weighted by atomic mass is 32.1. The van der Waals surface area contributed by atoms with Gasteiger partial charge in [-0.25, -0.2) is 0 Å². The minimum Gasteiger partial charge on any atom is -0.382 e. The van der Waals surface area contributed by atoms with Gasteiger partial charge in [-0.1, -0.05) is 0 Å². The fourth-order valence-corrected chi connectivity index (χ4v) is 3.50. The van der Waals surface area contributed by atoms with Gasteiger partial charge < -0.3 is 14.8 Å². The highest BCUT2D eigenvalue weighted by Crippen LogP contribution is 2.37. The van der Waals surface area contributed by atoms with E-state index in [2.05, 4.69) is 11.4 Å². The number of rotatable bonds is 6. The number of nitrogens with zero attached hydrogens (tertiary/aromatic N) is 1. The summed E-state index contributed by atoms with van der Waals surface area (Å²) in [5.74, 6) is -0.226. The van der Waals surface area contributed by atoms with Gasteiger partial charge in [-0.05, 0) is 31.2 Å². The molecule has 0 radical (unpaired) electrons. The van der Waals surface area contributed by atoms with E-state index in [0.29, 0.717) is 23.8 Å². The number of hydrogen-bond acceptors (Lipinski definition) is 5. The van der Waals surface area contributed by atoms with Crippen LogP contribution in [0.2, 0.25) is 0 Å². The quantitative estimate of drug-likeness (QED) is 0.816. The molecule has 1 amide bonds. The van der Waals surface area contributed by atoms with E-state index in [1.54, 1.807) is 7.11 Å². The summed E-state index contributed by atoms with van der Waals surface area (Å²) < 4.78 is 10.0. The van der Waals surface area contributed by atoms with Crippen LogP contribution in [0.25, 0.3) is 0 Å². The van der Waals surface area contributed by atoms with Crippen LogP contribution in [0.5, 0.6) is 0 Å². The molecule has 1 N–H and O–H groups in total. The molecular weight excluding hydrogens is 276 g/mol. The van der Waals surface area contributed by atoms with Crippen molar-refractivity contribution in [1.29, 1.82) is 5.26 Å². The van der Waals surface area contributed by atoms with Crippen LogP contribution in [0.3, 0.4) is 0 Å². The van der Waals surface area contributed by atoms with E-state index in [9.17, 15) is 10.1 Å². The highest BCUT2D eigenvalue weighted by Gasteiger charge is 2.21. The van der Waals surface area contributed by atoms with E-state index in [-0.39, 0.29) is 12.5 Å². The molecule has 2 rings (SSSR count). The smallest absolute Gasteiger partial charge is 0.251 e. The summed E-state index contributed by atoms with van der Waals surface area (Å²) >= 11 is 1.52. The lowest BCUT2D eigenvalue weighted by Crippen LogP contribution is -2.19. The van der Waals surface area contributed by atoms with Crippen LogP contribution in [0.1, 0.15) is 28.8 Å². The maximum absolute atomic E-state index is 11.8. The van der Waals surface area contributed by atoms with Gasteiger partial charge in [0, 0.05) is 12.0 Å². The first kappa shape index (κ1) is 15.0. The van der Waals surface area contributed by atoms with Crippen LogP contribution in [0.15, 0.2) is 0 Å². The van der Waals surface area contributed by atoms with Gasteiger partial charge in [-0.3, -0.25) is 4.79 Å². The normalized spacial score (nSPS) is 13.6. The Bertz CT molecular complexity index is 519. The molecule has 0 atom stereocenters. The second-order valence-electron chi connectivity index (χ2n) is 4.62. The van der Waals surface area contributed by atoms with Gasteiger partial charge in [0.1, 0.15) is 17.7 Å². The number of methoxy groups -OCH3 is 1. The number of aryl methyl sites for hydroxylation is 1. The molecule has 0 spiro atoms. The molecule has 0 unspecified atom stereocenters. The molecule has 20 heavy (non-hydrogen) atoms. The molecule has 0 bridgehead atoms. The lowest BCUT2D eigenvalue weighted by atomic mass is 9.96. The number of carbonyl (C=O) groups excluding carboxylic acids is 1. The molecule has 108 valence electrons. The summed E-state index contributed by atoms with van der Waals surface area (Å²) in [6, 6.07) is 2.22. The fraction of sp³-hybridized carbons (Fsp3) is 0.571. The first-order valence-corrected chi connectivity index (χ1v) is 7.49. The van der Waals surface area contributed by atoms with Gasteiger partial charge in [0.25, 0.3) is 5.91 Å². The van der Waals surface area contributed by atoms with Crippen molar-refractivity contribution in [3.8, 4) is 6.07 Å². The Balaban J connectivity index is 1.97.